The second kappa shape index (κ2) is 6.47. The molecule has 2 N–H and O–H groups in total. The molecule has 0 aliphatic carbocycles. The normalized spacial score (nSPS) is 11.1. The van der Waals surface area contributed by atoms with Gasteiger partial charge in [0.2, 0.25) is 10.0 Å². The maximum absolute atomic E-state index is 12.0. The maximum Gasteiger partial charge on any atom is 0.251 e. The molecule has 1 aromatic carbocycles. The summed E-state index contributed by atoms with van der Waals surface area (Å²) in [6.45, 7) is 0.352. The smallest absolute Gasteiger partial charge is 0.251 e. The third kappa shape index (κ3) is 3.87. The Morgan fingerprint density at radius 3 is 2.57 bits per heavy atom. The van der Waals surface area contributed by atoms with E-state index in [9.17, 15) is 13.2 Å². The first-order valence-corrected chi connectivity index (χ1v) is 7.72. The largest absolute Gasteiger partial charge is 0.348 e. The lowest BCUT2D eigenvalue weighted by atomic mass is 10.2. The van der Waals surface area contributed by atoms with Crippen LogP contribution in [0, 0.1) is 0 Å². The Kier molecular flexibility index (Phi) is 4.66. The third-order valence-electron chi connectivity index (χ3n) is 2.88. The summed E-state index contributed by atoms with van der Waals surface area (Å²) in [6.07, 6.45) is 3.28. The van der Waals surface area contributed by atoms with E-state index in [2.05, 4.69) is 15.0 Å². The van der Waals surface area contributed by atoms with E-state index in [1.165, 1.54) is 25.2 Å². The van der Waals surface area contributed by atoms with Crippen LogP contribution >= 0.6 is 0 Å². The van der Waals surface area contributed by atoms with Gasteiger partial charge in [-0.2, -0.15) is 0 Å². The number of carbonyl (C=O) groups is 1. The van der Waals surface area contributed by atoms with E-state index in [1.807, 2.05) is 0 Å². The fourth-order valence-corrected chi connectivity index (χ4v) is 2.48. The van der Waals surface area contributed by atoms with Crippen molar-refractivity contribution < 1.29 is 13.2 Å². The Bertz CT molecular complexity index is 730. The molecule has 0 spiro atoms. The molecule has 0 bridgehead atoms. The minimum absolute atomic E-state index is 0.0570. The number of benzene rings is 1. The molecule has 0 unspecified atom stereocenters. The van der Waals surface area contributed by atoms with Crippen molar-refractivity contribution in [3.05, 3.63) is 59.9 Å². The first kappa shape index (κ1) is 15.1. The van der Waals surface area contributed by atoms with Gasteiger partial charge in [0.15, 0.2) is 0 Å². The van der Waals surface area contributed by atoms with Gasteiger partial charge in [0.25, 0.3) is 5.91 Å². The molecular formula is C14H15N3O3S. The van der Waals surface area contributed by atoms with Gasteiger partial charge in [0.1, 0.15) is 0 Å². The highest BCUT2D eigenvalue weighted by molar-refractivity contribution is 7.89. The van der Waals surface area contributed by atoms with E-state index >= 15 is 0 Å². The summed E-state index contributed by atoms with van der Waals surface area (Å²) in [6, 6.07) is 9.46. The number of amides is 1. The van der Waals surface area contributed by atoms with Crippen LogP contribution in [0.3, 0.4) is 0 Å². The molecule has 1 amide bonds. The van der Waals surface area contributed by atoms with Crippen molar-refractivity contribution in [2.75, 3.05) is 7.05 Å². The monoisotopic (exact) mass is 305 g/mol. The van der Waals surface area contributed by atoms with Gasteiger partial charge in [-0.05, 0) is 42.9 Å². The van der Waals surface area contributed by atoms with Crippen LogP contribution in [-0.4, -0.2) is 26.4 Å². The van der Waals surface area contributed by atoms with E-state index < -0.39 is 10.0 Å². The van der Waals surface area contributed by atoms with Crippen LogP contribution < -0.4 is 10.0 Å². The van der Waals surface area contributed by atoms with Crippen molar-refractivity contribution in [2.24, 2.45) is 0 Å². The van der Waals surface area contributed by atoms with Crippen LogP contribution in [0.4, 0.5) is 0 Å². The third-order valence-corrected chi connectivity index (χ3v) is 4.29. The van der Waals surface area contributed by atoms with Gasteiger partial charge in [-0.15, -0.1) is 0 Å². The highest BCUT2D eigenvalue weighted by Gasteiger charge is 2.14. The van der Waals surface area contributed by atoms with Crippen molar-refractivity contribution in [3.63, 3.8) is 0 Å². The molecule has 0 saturated heterocycles. The molecule has 0 aliphatic rings. The molecule has 6 nitrogen and oxygen atoms in total. The molecule has 0 radical (unpaired) electrons. The van der Waals surface area contributed by atoms with Crippen LogP contribution in [0.15, 0.2) is 53.7 Å². The minimum Gasteiger partial charge on any atom is -0.348 e. The van der Waals surface area contributed by atoms with Gasteiger partial charge in [0.05, 0.1) is 4.90 Å². The first-order valence-electron chi connectivity index (χ1n) is 6.23. The number of nitrogens with one attached hydrogen (secondary N) is 2. The average Bonchev–Trinajstić information content (AvgIpc) is 2.53. The summed E-state index contributed by atoms with van der Waals surface area (Å²) in [4.78, 5) is 16.0. The number of aromatic nitrogens is 1. The SMILES string of the molecule is CNS(=O)(=O)c1cccc(C(=O)NCc2ccncc2)c1. The van der Waals surface area contributed by atoms with Crippen molar-refractivity contribution in [2.45, 2.75) is 11.4 Å². The Hall–Kier alpha value is -2.25. The standard InChI is InChI=1S/C14H15N3O3S/c1-15-21(19,20)13-4-2-3-12(9-13)14(18)17-10-11-5-7-16-8-6-11/h2-9,15H,10H2,1H3,(H,17,18). The lowest BCUT2D eigenvalue weighted by Gasteiger charge is -2.07. The number of hydrogen-bond donors (Lipinski definition) is 2. The lowest BCUT2D eigenvalue weighted by Crippen LogP contribution is -2.24. The Balaban J connectivity index is 2.11. The van der Waals surface area contributed by atoms with Crippen LogP contribution in [0.25, 0.3) is 0 Å². The van der Waals surface area contributed by atoms with Gasteiger partial charge >= 0.3 is 0 Å². The van der Waals surface area contributed by atoms with Crippen molar-refractivity contribution in [3.8, 4) is 0 Å². The summed E-state index contributed by atoms with van der Waals surface area (Å²) in [5, 5.41) is 2.73. The van der Waals surface area contributed by atoms with Gasteiger partial charge in [-0.3, -0.25) is 9.78 Å². The molecule has 7 heteroatoms. The average molecular weight is 305 g/mol. The van der Waals surface area contributed by atoms with Gasteiger partial charge in [-0.1, -0.05) is 6.07 Å². The molecule has 1 aromatic heterocycles. The van der Waals surface area contributed by atoms with Crippen molar-refractivity contribution >= 4 is 15.9 Å². The molecule has 2 rings (SSSR count). The van der Waals surface area contributed by atoms with Crippen molar-refractivity contribution in [1.29, 1.82) is 0 Å². The summed E-state index contributed by atoms with van der Waals surface area (Å²) in [5.41, 5.74) is 1.21. The van der Waals surface area contributed by atoms with E-state index in [0.717, 1.165) is 5.56 Å². The lowest BCUT2D eigenvalue weighted by molar-refractivity contribution is 0.0950. The number of nitrogens with zero attached hydrogens (tertiary/aromatic N) is 1. The summed E-state index contributed by atoms with van der Waals surface area (Å²) < 4.78 is 25.6. The predicted molar refractivity (Wildman–Crippen MR) is 78.1 cm³/mol. The molecule has 2 aromatic rings. The van der Waals surface area contributed by atoms with E-state index in [4.69, 9.17) is 0 Å². The van der Waals surface area contributed by atoms with E-state index in [0.29, 0.717) is 12.1 Å². The second-order valence-corrected chi connectivity index (χ2v) is 6.16. The number of carbonyl (C=O) groups excluding carboxylic acids is 1. The van der Waals surface area contributed by atoms with Crippen LogP contribution in [0.2, 0.25) is 0 Å². The fourth-order valence-electron chi connectivity index (χ4n) is 1.71. The first-order chi connectivity index (χ1) is 10.0. The second-order valence-electron chi connectivity index (χ2n) is 4.27. The number of rotatable bonds is 5. The zero-order valence-corrected chi connectivity index (χ0v) is 12.2. The minimum atomic E-state index is -3.56. The quantitative estimate of drug-likeness (QED) is 0.860. The van der Waals surface area contributed by atoms with E-state index in [1.54, 1.807) is 30.6 Å². The fraction of sp³-hybridized carbons (Fsp3) is 0.143. The van der Waals surface area contributed by atoms with Crippen LogP contribution in [0.5, 0.6) is 0 Å². The number of sulfonamides is 1. The summed E-state index contributed by atoms with van der Waals surface area (Å²) in [5.74, 6) is -0.333. The van der Waals surface area contributed by atoms with Crippen LogP contribution in [0.1, 0.15) is 15.9 Å². The zero-order valence-electron chi connectivity index (χ0n) is 11.4. The van der Waals surface area contributed by atoms with Gasteiger partial charge < -0.3 is 5.32 Å². The maximum atomic E-state index is 12.0. The van der Waals surface area contributed by atoms with Crippen LogP contribution in [-0.2, 0) is 16.6 Å². The number of pyridine rings is 1. The predicted octanol–water partition coefficient (Wildman–Crippen LogP) is 0.920. The van der Waals surface area contributed by atoms with E-state index in [-0.39, 0.29) is 10.8 Å². The molecule has 1 heterocycles. The zero-order chi connectivity index (χ0) is 15.3. The Morgan fingerprint density at radius 2 is 1.90 bits per heavy atom. The molecule has 110 valence electrons. The van der Waals surface area contributed by atoms with Gasteiger partial charge in [0, 0.05) is 24.5 Å². The highest BCUT2D eigenvalue weighted by Crippen LogP contribution is 2.11. The molecule has 0 aliphatic heterocycles. The Morgan fingerprint density at radius 1 is 1.19 bits per heavy atom. The summed E-state index contributed by atoms with van der Waals surface area (Å²) in [7, 11) is -2.23. The molecule has 0 atom stereocenters. The molecular weight excluding hydrogens is 290 g/mol. The number of hydrogen-bond acceptors (Lipinski definition) is 4. The van der Waals surface area contributed by atoms with Gasteiger partial charge in [-0.25, -0.2) is 13.1 Å². The highest BCUT2D eigenvalue weighted by atomic mass is 32.2. The summed E-state index contributed by atoms with van der Waals surface area (Å²) >= 11 is 0. The van der Waals surface area contributed by atoms with Crippen molar-refractivity contribution in [1.82, 2.24) is 15.0 Å². The molecule has 21 heavy (non-hydrogen) atoms. The topological polar surface area (TPSA) is 88.2 Å². The Labute approximate surface area is 123 Å². The molecule has 0 fully saturated rings. The molecule has 0 saturated carbocycles.